The Labute approximate surface area is 200 Å². The molecule has 1 saturated carbocycles. The van der Waals surface area contributed by atoms with Gasteiger partial charge in [-0.25, -0.2) is 9.59 Å². The number of hydrogen-bond donors (Lipinski definition) is 5. The molecule has 0 aromatic rings. The van der Waals surface area contributed by atoms with Crippen molar-refractivity contribution in [1.29, 1.82) is 0 Å². The third kappa shape index (κ3) is 11.1. The second kappa shape index (κ2) is 13.6. The number of aliphatic carboxylic acids is 1. The van der Waals surface area contributed by atoms with Crippen molar-refractivity contribution >= 4 is 35.6 Å². The van der Waals surface area contributed by atoms with Crippen LogP contribution in [0.1, 0.15) is 59.8 Å². The number of alkyl carbamates (subject to hydrolysis) is 1. The van der Waals surface area contributed by atoms with Crippen LogP contribution in [0.15, 0.2) is 0 Å². The summed E-state index contributed by atoms with van der Waals surface area (Å²) in [4.78, 5) is 48.3. The molecule has 3 atom stereocenters. The number of carboxylic acid groups (broad SMARTS) is 1. The van der Waals surface area contributed by atoms with Gasteiger partial charge in [-0.1, -0.05) is 0 Å². The van der Waals surface area contributed by atoms with Crippen molar-refractivity contribution in [2.45, 2.75) is 83.6 Å². The summed E-state index contributed by atoms with van der Waals surface area (Å²) in [6, 6.07) is -2.02. The van der Waals surface area contributed by atoms with Gasteiger partial charge in [0.25, 0.3) is 0 Å². The van der Waals surface area contributed by atoms with E-state index in [-0.39, 0.29) is 23.7 Å². The van der Waals surface area contributed by atoms with Gasteiger partial charge in [0.05, 0.1) is 6.10 Å². The Kier molecular flexibility index (Phi) is 12.0. The van der Waals surface area contributed by atoms with Crippen LogP contribution in [0.5, 0.6) is 0 Å². The number of aliphatic hydroxyl groups excluding tert-OH is 1. The van der Waals surface area contributed by atoms with Gasteiger partial charge < -0.3 is 30.9 Å². The van der Waals surface area contributed by atoms with E-state index >= 15 is 0 Å². The summed E-state index contributed by atoms with van der Waals surface area (Å²) in [5.74, 6) is -1.34. The first-order chi connectivity index (χ1) is 15.3. The predicted molar refractivity (Wildman–Crippen MR) is 126 cm³/mol. The molecule has 0 spiro atoms. The third-order valence-corrected chi connectivity index (χ3v) is 6.09. The molecule has 190 valence electrons. The second-order valence-corrected chi connectivity index (χ2v) is 10.5. The van der Waals surface area contributed by atoms with Gasteiger partial charge in [-0.15, -0.1) is 0 Å². The Bertz CT molecular complexity index is 673. The fourth-order valence-corrected chi connectivity index (χ4v) is 4.08. The fraction of sp³-hybridized carbons (Fsp3) is 0.818. The maximum atomic E-state index is 12.7. The van der Waals surface area contributed by atoms with E-state index in [1.165, 1.54) is 6.92 Å². The van der Waals surface area contributed by atoms with Crippen LogP contribution in [0, 0.1) is 11.8 Å². The quantitative estimate of drug-likeness (QED) is 0.293. The highest BCUT2D eigenvalue weighted by molar-refractivity contribution is 7.98. The first-order valence-corrected chi connectivity index (χ1v) is 12.7. The average molecular weight is 490 g/mol. The van der Waals surface area contributed by atoms with E-state index in [4.69, 9.17) is 9.84 Å². The topological polar surface area (TPSA) is 154 Å². The van der Waals surface area contributed by atoms with Crippen LogP contribution < -0.4 is 16.0 Å². The van der Waals surface area contributed by atoms with Crippen LogP contribution in [-0.4, -0.2) is 76.4 Å². The predicted octanol–water partition coefficient (Wildman–Crippen LogP) is 1.51. The molecule has 1 aliphatic rings. The van der Waals surface area contributed by atoms with Gasteiger partial charge in [-0.05, 0) is 77.7 Å². The molecule has 3 amide bonds. The first-order valence-electron chi connectivity index (χ1n) is 11.3. The lowest BCUT2D eigenvalue weighted by atomic mass is 9.81. The molecule has 10 nitrogen and oxygen atoms in total. The van der Waals surface area contributed by atoms with Crippen molar-refractivity contribution in [3.63, 3.8) is 0 Å². The molecule has 1 rings (SSSR count). The fourth-order valence-electron chi connectivity index (χ4n) is 3.61. The van der Waals surface area contributed by atoms with Crippen LogP contribution in [0.4, 0.5) is 4.79 Å². The Balaban J connectivity index is 2.51. The van der Waals surface area contributed by atoms with Crippen LogP contribution >= 0.6 is 11.8 Å². The molecule has 0 saturated heterocycles. The molecule has 5 N–H and O–H groups in total. The Hall–Kier alpha value is -2.01. The van der Waals surface area contributed by atoms with E-state index < -0.39 is 35.9 Å². The summed E-state index contributed by atoms with van der Waals surface area (Å²) in [6.07, 6.45) is 3.15. The van der Waals surface area contributed by atoms with Gasteiger partial charge in [0.1, 0.15) is 11.6 Å². The van der Waals surface area contributed by atoms with Gasteiger partial charge in [0.2, 0.25) is 11.8 Å². The van der Waals surface area contributed by atoms with Crippen molar-refractivity contribution < 1.29 is 34.1 Å². The lowest BCUT2D eigenvalue weighted by Gasteiger charge is -2.29. The molecule has 33 heavy (non-hydrogen) atoms. The number of carboxylic acids is 1. The monoisotopic (exact) mass is 489 g/mol. The van der Waals surface area contributed by atoms with Crippen molar-refractivity contribution in [3.8, 4) is 0 Å². The highest BCUT2D eigenvalue weighted by Crippen LogP contribution is 2.28. The van der Waals surface area contributed by atoms with Gasteiger partial charge in [-0.2, -0.15) is 11.8 Å². The van der Waals surface area contributed by atoms with E-state index in [1.54, 1.807) is 32.5 Å². The minimum Gasteiger partial charge on any atom is -0.480 e. The van der Waals surface area contributed by atoms with E-state index in [2.05, 4.69) is 16.0 Å². The molecule has 0 unspecified atom stereocenters. The molecule has 1 aliphatic carbocycles. The summed E-state index contributed by atoms with van der Waals surface area (Å²) >= 11 is 1.58. The molecule has 0 aliphatic heterocycles. The maximum Gasteiger partial charge on any atom is 0.408 e. The Morgan fingerprint density at radius 1 is 1.09 bits per heavy atom. The second-order valence-electron chi connectivity index (χ2n) is 9.51. The maximum absolute atomic E-state index is 12.7. The highest BCUT2D eigenvalue weighted by atomic mass is 32.2. The Morgan fingerprint density at radius 3 is 2.18 bits per heavy atom. The summed E-state index contributed by atoms with van der Waals surface area (Å²) in [5, 5.41) is 26.6. The number of ether oxygens (including phenoxy) is 1. The molecule has 0 heterocycles. The number of hydrogen-bond acceptors (Lipinski definition) is 7. The lowest BCUT2D eigenvalue weighted by Crippen LogP contribution is -2.50. The number of thioether (sulfide) groups is 1. The largest absolute Gasteiger partial charge is 0.480 e. The molecule has 11 heteroatoms. The lowest BCUT2D eigenvalue weighted by molar-refractivity contribution is -0.145. The number of amides is 3. The van der Waals surface area contributed by atoms with Crippen molar-refractivity contribution in [1.82, 2.24) is 16.0 Å². The number of rotatable bonds is 11. The zero-order valence-electron chi connectivity index (χ0n) is 20.2. The zero-order chi connectivity index (χ0) is 25.2. The van der Waals surface area contributed by atoms with Gasteiger partial charge >= 0.3 is 12.1 Å². The SMILES string of the molecule is CSCC[C@H](NC(=O)OC(C)(C)C)C(=O)NCC1CCC(C(=O)N[C@H](C(=O)O)[C@@H](C)O)CC1. The highest BCUT2D eigenvalue weighted by Gasteiger charge is 2.32. The van der Waals surface area contributed by atoms with Crippen molar-refractivity contribution in [2.24, 2.45) is 11.8 Å². The van der Waals surface area contributed by atoms with Crippen molar-refractivity contribution in [3.05, 3.63) is 0 Å². The van der Waals surface area contributed by atoms with E-state index in [1.807, 2.05) is 6.26 Å². The molecule has 1 fully saturated rings. The van der Waals surface area contributed by atoms with Crippen LogP contribution in [0.3, 0.4) is 0 Å². The van der Waals surface area contributed by atoms with Crippen molar-refractivity contribution in [2.75, 3.05) is 18.6 Å². The molecule has 0 radical (unpaired) electrons. The molecule has 0 aromatic heterocycles. The Morgan fingerprint density at radius 2 is 1.70 bits per heavy atom. The van der Waals surface area contributed by atoms with E-state index in [9.17, 15) is 24.3 Å². The van der Waals surface area contributed by atoms with Crippen LogP contribution in [0.2, 0.25) is 0 Å². The summed E-state index contributed by atoms with van der Waals surface area (Å²) < 4.78 is 5.26. The molecule has 0 bridgehead atoms. The van der Waals surface area contributed by atoms with E-state index in [0.29, 0.717) is 44.4 Å². The summed E-state index contributed by atoms with van der Waals surface area (Å²) in [7, 11) is 0. The number of aliphatic hydroxyl groups is 1. The first kappa shape index (κ1) is 29.0. The van der Waals surface area contributed by atoms with E-state index in [0.717, 1.165) is 0 Å². The average Bonchev–Trinajstić information content (AvgIpc) is 2.71. The van der Waals surface area contributed by atoms with Gasteiger partial charge in [0.15, 0.2) is 6.04 Å². The molecular weight excluding hydrogens is 450 g/mol. The smallest absolute Gasteiger partial charge is 0.408 e. The normalized spacial score (nSPS) is 21.3. The minimum absolute atomic E-state index is 0.188. The number of carbonyl (C=O) groups is 4. The number of carbonyl (C=O) groups excluding carboxylic acids is 3. The molecule has 0 aromatic carbocycles. The standard InChI is InChI=1S/C22H39N3O7S/c1-13(26)17(20(29)30)25-18(27)15-8-6-14(7-9-15)12-23-19(28)16(10-11-33-5)24-21(31)32-22(2,3)4/h13-17,26H,6-12H2,1-5H3,(H,23,28)(H,24,31)(H,25,27)(H,29,30)/t13-,14?,15?,16+,17+/m1/s1. The minimum atomic E-state index is -1.33. The van der Waals surface area contributed by atoms with Gasteiger partial charge in [0, 0.05) is 12.5 Å². The van der Waals surface area contributed by atoms with Gasteiger partial charge in [-0.3, -0.25) is 9.59 Å². The summed E-state index contributed by atoms with van der Waals surface area (Å²) in [6.45, 7) is 7.03. The molecular formula is C22H39N3O7S. The summed E-state index contributed by atoms with van der Waals surface area (Å²) in [5.41, 5.74) is -0.657. The zero-order valence-corrected chi connectivity index (χ0v) is 21.0. The number of nitrogens with one attached hydrogen (secondary N) is 3. The van der Waals surface area contributed by atoms with Crippen LogP contribution in [0.25, 0.3) is 0 Å². The van der Waals surface area contributed by atoms with Crippen LogP contribution in [-0.2, 0) is 19.1 Å². The third-order valence-electron chi connectivity index (χ3n) is 5.45.